The molecule has 0 amide bonds. The second kappa shape index (κ2) is 7.25. The molecule has 0 spiro atoms. The van der Waals surface area contributed by atoms with Gasteiger partial charge in [-0.3, -0.25) is 4.90 Å². The van der Waals surface area contributed by atoms with Crippen molar-refractivity contribution in [3.8, 4) is 5.75 Å². The Hall–Kier alpha value is -1.10. The molecule has 1 heterocycles. The van der Waals surface area contributed by atoms with Gasteiger partial charge in [0.1, 0.15) is 18.5 Å². The Bertz CT molecular complexity index is 453. The second-order valence-corrected chi connectivity index (χ2v) is 6.19. The molecule has 1 aliphatic rings. The smallest absolute Gasteiger partial charge is 0.119 e. The highest BCUT2D eigenvalue weighted by atomic mass is 16.5. The molecule has 0 aliphatic carbocycles. The van der Waals surface area contributed by atoms with Crippen LogP contribution in [0.3, 0.4) is 0 Å². The van der Waals surface area contributed by atoms with Crippen molar-refractivity contribution in [3.63, 3.8) is 0 Å². The van der Waals surface area contributed by atoms with Crippen molar-refractivity contribution in [3.05, 3.63) is 29.3 Å². The lowest BCUT2D eigenvalue weighted by molar-refractivity contribution is -0.0786. The standard InChI is InChI=1S/C17H27NO3/c1-12-5-6-17(7-13(12)2)20-11-16(19)10-18-8-14(3)21-15(4)9-18/h5-7,14-16,19H,8-11H2,1-4H3/t14-,15+,16-/m1/s1. The average Bonchev–Trinajstić information content (AvgIpc) is 2.39. The van der Waals surface area contributed by atoms with Crippen molar-refractivity contribution >= 4 is 0 Å². The number of hydrogen-bond donors (Lipinski definition) is 1. The SMILES string of the molecule is Cc1ccc(OC[C@H](O)CN2C[C@@H](C)O[C@@H](C)C2)cc1C. The third-order valence-corrected chi connectivity index (χ3v) is 3.88. The summed E-state index contributed by atoms with van der Waals surface area (Å²) in [5.41, 5.74) is 2.46. The van der Waals surface area contributed by atoms with Gasteiger partial charge >= 0.3 is 0 Å². The topological polar surface area (TPSA) is 41.9 Å². The fourth-order valence-electron chi connectivity index (χ4n) is 2.78. The van der Waals surface area contributed by atoms with E-state index < -0.39 is 6.10 Å². The molecule has 4 nitrogen and oxygen atoms in total. The highest BCUT2D eigenvalue weighted by Crippen LogP contribution is 2.17. The minimum absolute atomic E-state index is 0.224. The molecule has 4 heteroatoms. The minimum atomic E-state index is -0.482. The number of hydrogen-bond acceptors (Lipinski definition) is 4. The lowest BCUT2D eigenvalue weighted by Crippen LogP contribution is -2.48. The number of benzene rings is 1. The Labute approximate surface area is 127 Å². The molecule has 0 bridgehead atoms. The van der Waals surface area contributed by atoms with Crippen LogP contribution < -0.4 is 4.74 Å². The number of aliphatic hydroxyl groups is 1. The van der Waals surface area contributed by atoms with E-state index in [4.69, 9.17) is 9.47 Å². The zero-order valence-electron chi connectivity index (χ0n) is 13.5. The minimum Gasteiger partial charge on any atom is -0.491 e. The van der Waals surface area contributed by atoms with Gasteiger partial charge < -0.3 is 14.6 Å². The van der Waals surface area contributed by atoms with Crippen LogP contribution in [0.25, 0.3) is 0 Å². The van der Waals surface area contributed by atoms with E-state index in [2.05, 4.69) is 32.6 Å². The van der Waals surface area contributed by atoms with E-state index in [0.29, 0.717) is 13.2 Å². The van der Waals surface area contributed by atoms with Gasteiger partial charge in [0.2, 0.25) is 0 Å². The number of ether oxygens (including phenoxy) is 2. The first-order valence-corrected chi connectivity index (χ1v) is 7.70. The Morgan fingerprint density at radius 1 is 1.24 bits per heavy atom. The van der Waals surface area contributed by atoms with Crippen molar-refractivity contribution in [1.82, 2.24) is 4.90 Å². The number of aryl methyl sites for hydroxylation is 2. The summed E-state index contributed by atoms with van der Waals surface area (Å²) in [6.45, 7) is 11.0. The number of rotatable bonds is 5. The van der Waals surface area contributed by atoms with Gasteiger partial charge in [0.15, 0.2) is 0 Å². The van der Waals surface area contributed by atoms with Crippen molar-refractivity contribution < 1.29 is 14.6 Å². The van der Waals surface area contributed by atoms with Gasteiger partial charge in [-0.05, 0) is 51.0 Å². The van der Waals surface area contributed by atoms with Crippen LogP contribution in [0.2, 0.25) is 0 Å². The van der Waals surface area contributed by atoms with Gasteiger partial charge in [0.05, 0.1) is 12.2 Å². The zero-order chi connectivity index (χ0) is 15.4. The summed E-state index contributed by atoms with van der Waals surface area (Å²) in [6, 6.07) is 6.01. The van der Waals surface area contributed by atoms with Gasteiger partial charge in [-0.25, -0.2) is 0 Å². The number of aliphatic hydroxyl groups excluding tert-OH is 1. The highest BCUT2D eigenvalue weighted by Gasteiger charge is 2.23. The number of β-amino-alcohol motifs (C(OH)–C–C–N with tert-alkyl or cyclic N) is 1. The normalized spacial score (nSPS) is 24.8. The molecule has 1 saturated heterocycles. The van der Waals surface area contributed by atoms with Crippen LogP contribution in [0, 0.1) is 13.8 Å². The van der Waals surface area contributed by atoms with E-state index in [1.54, 1.807) is 0 Å². The van der Waals surface area contributed by atoms with E-state index in [1.165, 1.54) is 11.1 Å². The molecule has 1 N–H and O–H groups in total. The maximum Gasteiger partial charge on any atom is 0.119 e. The van der Waals surface area contributed by atoms with Crippen LogP contribution in [0.15, 0.2) is 18.2 Å². The first kappa shape index (κ1) is 16.3. The van der Waals surface area contributed by atoms with Crippen LogP contribution in [0.4, 0.5) is 0 Å². The quantitative estimate of drug-likeness (QED) is 0.903. The molecular weight excluding hydrogens is 266 g/mol. The van der Waals surface area contributed by atoms with E-state index in [-0.39, 0.29) is 12.2 Å². The summed E-state index contributed by atoms with van der Waals surface area (Å²) in [6.07, 6.45) is -0.0349. The molecule has 1 fully saturated rings. The fraction of sp³-hybridized carbons (Fsp3) is 0.647. The lowest BCUT2D eigenvalue weighted by Gasteiger charge is -2.36. The van der Waals surface area contributed by atoms with Crippen LogP contribution in [-0.4, -0.2) is 54.6 Å². The van der Waals surface area contributed by atoms with Gasteiger partial charge in [-0.15, -0.1) is 0 Å². The zero-order valence-corrected chi connectivity index (χ0v) is 13.5. The molecule has 21 heavy (non-hydrogen) atoms. The van der Waals surface area contributed by atoms with Crippen molar-refractivity contribution in [1.29, 1.82) is 0 Å². The first-order chi connectivity index (χ1) is 9.94. The summed E-state index contributed by atoms with van der Waals surface area (Å²) in [7, 11) is 0. The maximum absolute atomic E-state index is 10.2. The Morgan fingerprint density at radius 3 is 2.52 bits per heavy atom. The Balaban J connectivity index is 1.79. The number of nitrogens with zero attached hydrogens (tertiary/aromatic N) is 1. The predicted molar refractivity (Wildman–Crippen MR) is 83.9 cm³/mol. The van der Waals surface area contributed by atoms with Gasteiger partial charge in [0, 0.05) is 19.6 Å². The molecule has 0 radical (unpaired) electrons. The van der Waals surface area contributed by atoms with Crippen LogP contribution in [-0.2, 0) is 4.74 Å². The van der Waals surface area contributed by atoms with Gasteiger partial charge in [-0.2, -0.15) is 0 Å². The van der Waals surface area contributed by atoms with E-state index in [1.807, 2.05) is 18.2 Å². The summed E-state index contributed by atoms with van der Waals surface area (Å²) >= 11 is 0. The largest absolute Gasteiger partial charge is 0.491 e. The molecular formula is C17H27NO3. The maximum atomic E-state index is 10.2. The Kier molecular flexibility index (Phi) is 5.62. The third-order valence-electron chi connectivity index (χ3n) is 3.88. The highest BCUT2D eigenvalue weighted by molar-refractivity contribution is 5.33. The van der Waals surface area contributed by atoms with Crippen LogP contribution >= 0.6 is 0 Å². The fourth-order valence-corrected chi connectivity index (χ4v) is 2.78. The molecule has 3 atom stereocenters. The first-order valence-electron chi connectivity index (χ1n) is 7.70. The lowest BCUT2D eigenvalue weighted by atomic mass is 10.1. The van der Waals surface area contributed by atoms with Crippen LogP contribution in [0.1, 0.15) is 25.0 Å². The second-order valence-electron chi connectivity index (χ2n) is 6.19. The summed E-state index contributed by atoms with van der Waals surface area (Å²) in [5, 5.41) is 10.2. The van der Waals surface area contributed by atoms with Gasteiger partial charge in [-0.1, -0.05) is 6.07 Å². The third kappa shape index (κ3) is 4.99. The molecule has 0 saturated carbocycles. The monoisotopic (exact) mass is 293 g/mol. The Morgan fingerprint density at radius 2 is 1.90 bits per heavy atom. The average molecular weight is 293 g/mol. The van der Waals surface area contributed by atoms with Crippen molar-refractivity contribution in [2.24, 2.45) is 0 Å². The van der Waals surface area contributed by atoms with Crippen LogP contribution in [0.5, 0.6) is 5.75 Å². The van der Waals surface area contributed by atoms with Crippen molar-refractivity contribution in [2.75, 3.05) is 26.2 Å². The molecule has 1 aromatic carbocycles. The summed E-state index contributed by atoms with van der Waals surface area (Å²) in [4.78, 5) is 2.24. The van der Waals surface area contributed by atoms with Gasteiger partial charge in [0.25, 0.3) is 0 Å². The van der Waals surface area contributed by atoms with E-state index in [0.717, 1.165) is 18.8 Å². The molecule has 2 rings (SSSR count). The van der Waals surface area contributed by atoms with E-state index in [9.17, 15) is 5.11 Å². The molecule has 0 aromatic heterocycles. The molecule has 1 aliphatic heterocycles. The number of morpholine rings is 1. The molecule has 1 aromatic rings. The van der Waals surface area contributed by atoms with Crippen molar-refractivity contribution in [2.45, 2.75) is 46.0 Å². The molecule has 0 unspecified atom stereocenters. The predicted octanol–water partition coefficient (Wildman–Crippen LogP) is 2.15. The summed E-state index contributed by atoms with van der Waals surface area (Å²) < 4.78 is 11.4. The van der Waals surface area contributed by atoms with E-state index >= 15 is 0 Å². The molecule has 118 valence electrons. The summed E-state index contributed by atoms with van der Waals surface area (Å²) in [5.74, 6) is 0.820.